The van der Waals surface area contributed by atoms with Crippen LogP contribution in [0.4, 0.5) is 0 Å². The van der Waals surface area contributed by atoms with Crippen LogP contribution in [0.2, 0.25) is 0 Å². The second kappa shape index (κ2) is 5.84. The van der Waals surface area contributed by atoms with Gasteiger partial charge in [0.25, 0.3) is 0 Å². The molecule has 0 amide bonds. The van der Waals surface area contributed by atoms with Crippen LogP contribution in [0.15, 0.2) is 0 Å². The van der Waals surface area contributed by atoms with E-state index >= 15 is 0 Å². The van der Waals surface area contributed by atoms with Crippen LogP contribution in [0.5, 0.6) is 0 Å². The lowest BCUT2D eigenvalue weighted by molar-refractivity contribution is 0.194. The fourth-order valence-electron chi connectivity index (χ4n) is 0.930. The van der Waals surface area contributed by atoms with Gasteiger partial charge in [0, 0.05) is 11.3 Å². The molecule has 0 aliphatic carbocycles. The molecule has 3 heteroatoms. The lowest BCUT2D eigenvalue weighted by atomic mass is 10.1. The van der Waals surface area contributed by atoms with Crippen molar-refractivity contribution in [3.05, 3.63) is 0 Å². The van der Waals surface area contributed by atoms with Crippen molar-refractivity contribution < 1.29 is 5.11 Å². The quantitative estimate of drug-likeness (QED) is 0.667. The van der Waals surface area contributed by atoms with E-state index in [4.69, 9.17) is 5.11 Å². The van der Waals surface area contributed by atoms with Crippen molar-refractivity contribution in [1.29, 1.82) is 0 Å². The summed E-state index contributed by atoms with van der Waals surface area (Å²) in [5.74, 6) is 0.967. The predicted octanol–water partition coefficient (Wildman–Crippen LogP) is 1.49. The summed E-state index contributed by atoms with van der Waals surface area (Å²) in [7, 11) is 0. The Balaban J connectivity index is 3.78. The SMILES string of the molecule is CCNC(C)(CO)CSC(C)C. The summed E-state index contributed by atoms with van der Waals surface area (Å²) in [4.78, 5) is 0. The summed E-state index contributed by atoms with van der Waals surface area (Å²) in [5.41, 5.74) is -0.107. The molecule has 0 bridgehead atoms. The highest BCUT2D eigenvalue weighted by Crippen LogP contribution is 2.16. The molecule has 2 N–H and O–H groups in total. The largest absolute Gasteiger partial charge is 0.394 e. The van der Waals surface area contributed by atoms with Crippen molar-refractivity contribution in [2.24, 2.45) is 0 Å². The zero-order valence-corrected chi connectivity index (χ0v) is 9.37. The lowest BCUT2D eigenvalue weighted by Gasteiger charge is -2.28. The first-order chi connectivity index (χ1) is 5.54. The highest BCUT2D eigenvalue weighted by Gasteiger charge is 2.21. The average Bonchev–Trinajstić information content (AvgIpc) is 2.02. The zero-order chi connectivity index (χ0) is 9.61. The molecule has 0 fully saturated rings. The highest BCUT2D eigenvalue weighted by atomic mass is 32.2. The molecule has 0 rings (SSSR count). The maximum Gasteiger partial charge on any atom is 0.0618 e. The standard InChI is InChI=1S/C9H21NOS/c1-5-10-9(4,6-11)7-12-8(2)3/h8,10-11H,5-7H2,1-4H3. The van der Waals surface area contributed by atoms with E-state index in [1.807, 2.05) is 11.8 Å². The third-order valence-corrected chi connectivity index (χ3v) is 3.16. The third-order valence-electron chi connectivity index (χ3n) is 1.69. The predicted molar refractivity (Wildman–Crippen MR) is 56.8 cm³/mol. The lowest BCUT2D eigenvalue weighted by Crippen LogP contribution is -2.48. The van der Waals surface area contributed by atoms with Gasteiger partial charge in [-0.15, -0.1) is 0 Å². The van der Waals surface area contributed by atoms with E-state index < -0.39 is 0 Å². The topological polar surface area (TPSA) is 32.3 Å². The van der Waals surface area contributed by atoms with Gasteiger partial charge in [0.1, 0.15) is 0 Å². The number of nitrogens with one attached hydrogen (secondary N) is 1. The first kappa shape index (κ1) is 12.3. The molecule has 0 aliphatic heterocycles. The molecule has 12 heavy (non-hydrogen) atoms. The molecule has 74 valence electrons. The molecule has 1 atom stereocenters. The van der Waals surface area contributed by atoms with Crippen LogP contribution in [0.1, 0.15) is 27.7 Å². The van der Waals surface area contributed by atoms with E-state index in [0.29, 0.717) is 5.25 Å². The first-order valence-electron chi connectivity index (χ1n) is 4.51. The molecule has 0 aromatic heterocycles. The molecule has 0 aliphatic rings. The minimum atomic E-state index is -0.107. The minimum Gasteiger partial charge on any atom is -0.394 e. The van der Waals surface area contributed by atoms with Gasteiger partial charge in [-0.3, -0.25) is 0 Å². The van der Waals surface area contributed by atoms with Crippen LogP contribution in [-0.4, -0.2) is 34.8 Å². The van der Waals surface area contributed by atoms with Crippen molar-refractivity contribution in [2.45, 2.75) is 38.5 Å². The number of thioether (sulfide) groups is 1. The molecule has 0 radical (unpaired) electrons. The number of likely N-dealkylation sites (N-methyl/N-ethyl adjacent to an activating group) is 1. The van der Waals surface area contributed by atoms with E-state index in [9.17, 15) is 0 Å². The van der Waals surface area contributed by atoms with Crippen molar-refractivity contribution in [1.82, 2.24) is 5.32 Å². The van der Waals surface area contributed by atoms with Crippen LogP contribution in [-0.2, 0) is 0 Å². The van der Waals surface area contributed by atoms with Crippen molar-refractivity contribution >= 4 is 11.8 Å². The first-order valence-corrected chi connectivity index (χ1v) is 5.56. The summed E-state index contributed by atoms with van der Waals surface area (Å²) in [6.45, 7) is 9.60. The smallest absolute Gasteiger partial charge is 0.0618 e. The third kappa shape index (κ3) is 5.01. The van der Waals surface area contributed by atoms with Gasteiger partial charge in [0.15, 0.2) is 0 Å². The summed E-state index contributed by atoms with van der Waals surface area (Å²) >= 11 is 1.88. The molecular formula is C9H21NOS. The van der Waals surface area contributed by atoms with Crippen LogP contribution < -0.4 is 5.32 Å². The van der Waals surface area contributed by atoms with Gasteiger partial charge in [-0.2, -0.15) is 11.8 Å². The molecule has 0 spiro atoms. The molecule has 0 saturated carbocycles. The van der Waals surface area contributed by atoms with Gasteiger partial charge in [-0.1, -0.05) is 20.8 Å². The monoisotopic (exact) mass is 191 g/mol. The van der Waals surface area contributed by atoms with E-state index in [0.717, 1.165) is 12.3 Å². The van der Waals surface area contributed by atoms with Gasteiger partial charge in [0.05, 0.1) is 6.61 Å². The van der Waals surface area contributed by atoms with Gasteiger partial charge in [-0.25, -0.2) is 0 Å². The van der Waals surface area contributed by atoms with Gasteiger partial charge in [-0.05, 0) is 18.7 Å². The fourth-order valence-corrected chi connectivity index (χ4v) is 1.82. The van der Waals surface area contributed by atoms with Crippen molar-refractivity contribution in [3.8, 4) is 0 Å². The van der Waals surface area contributed by atoms with E-state index in [1.54, 1.807) is 0 Å². The van der Waals surface area contributed by atoms with Crippen molar-refractivity contribution in [2.75, 3.05) is 18.9 Å². The number of aliphatic hydroxyl groups is 1. The Labute approximate surface area is 80.1 Å². The Bertz CT molecular complexity index is 119. The normalized spacial score (nSPS) is 16.5. The molecule has 1 unspecified atom stereocenters. The molecule has 0 aromatic carbocycles. The van der Waals surface area contributed by atoms with Crippen LogP contribution in [0.3, 0.4) is 0 Å². The number of hydrogen-bond acceptors (Lipinski definition) is 3. The van der Waals surface area contributed by atoms with Gasteiger partial charge in [0.2, 0.25) is 0 Å². The Morgan fingerprint density at radius 3 is 2.42 bits per heavy atom. The number of aliphatic hydroxyl groups excluding tert-OH is 1. The van der Waals surface area contributed by atoms with E-state index in [1.165, 1.54) is 0 Å². The summed E-state index contributed by atoms with van der Waals surface area (Å²) < 4.78 is 0. The molecule has 0 heterocycles. The number of hydrogen-bond donors (Lipinski definition) is 2. The van der Waals surface area contributed by atoms with Gasteiger partial charge >= 0.3 is 0 Å². The average molecular weight is 191 g/mol. The Hall–Kier alpha value is 0.270. The Morgan fingerprint density at radius 1 is 1.50 bits per heavy atom. The maximum absolute atomic E-state index is 9.15. The molecule has 2 nitrogen and oxygen atoms in total. The maximum atomic E-state index is 9.15. The highest BCUT2D eigenvalue weighted by molar-refractivity contribution is 7.99. The number of rotatable bonds is 6. The van der Waals surface area contributed by atoms with Gasteiger partial charge < -0.3 is 10.4 Å². The fraction of sp³-hybridized carbons (Fsp3) is 1.00. The van der Waals surface area contributed by atoms with Crippen LogP contribution in [0, 0.1) is 0 Å². The second-order valence-electron chi connectivity index (χ2n) is 3.61. The Kier molecular flexibility index (Phi) is 5.97. The summed E-state index contributed by atoms with van der Waals surface area (Å²) in [6, 6.07) is 0. The molecular weight excluding hydrogens is 170 g/mol. The Morgan fingerprint density at radius 2 is 2.08 bits per heavy atom. The molecule has 0 aromatic rings. The molecule has 0 saturated heterocycles. The van der Waals surface area contributed by atoms with Crippen LogP contribution in [0.25, 0.3) is 0 Å². The second-order valence-corrected chi connectivity index (χ2v) is 5.17. The summed E-state index contributed by atoms with van der Waals surface area (Å²) in [5, 5.41) is 13.1. The minimum absolute atomic E-state index is 0.107. The van der Waals surface area contributed by atoms with E-state index in [2.05, 4.69) is 33.0 Å². The van der Waals surface area contributed by atoms with E-state index in [-0.39, 0.29) is 12.1 Å². The summed E-state index contributed by atoms with van der Waals surface area (Å²) in [6.07, 6.45) is 0. The zero-order valence-electron chi connectivity index (χ0n) is 8.55. The van der Waals surface area contributed by atoms with Crippen LogP contribution >= 0.6 is 11.8 Å². The van der Waals surface area contributed by atoms with Crippen molar-refractivity contribution in [3.63, 3.8) is 0 Å².